The van der Waals surface area contributed by atoms with E-state index in [1.807, 2.05) is 24.0 Å². The molecule has 1 N–H and O–H groups in total. The van der Waals surface area contributed by atoms with Crippen LogP contribution in [0.2, 0.25) is 0 Å². The predicted octanol–water partition coefficient (Wildman–Crippen LogP) is 1.71. The van der Waals surface area contributed by atoms with Crippen molar-refractivity contribution in [2.24, 2.45) is 0 Å². The summed E-state index contributed by atoms with van der Waals surface area (Å²) < 4.78 is 0. The van der Waals surface area contributed by atoms with Crippen LogP contribution >= 0.6 is 23.4 Å². The van der Waals surface area contributed by atoms with Gasteiger partial charge in [-0.05, 0) is 0 Å². The lowest BCUT2D eigenvalue weighted by Crippen LogP contribution is -2.48. The summed E-state index contributed by atoms with van der Waals surface area (Å²) in [6.45, 7) is 0. The van der Waals surface area contributed by atoms with Crippen LogP contribution in [-0.2, 0) is 4.79 Å². The topological polar surface area (TPSA) is 57.6 Å². The first-order valence-corrected chi connectivity index (χ1v) is 5.02. The van der Waals surface area contributed by atoms with E-state index in [1.165, 1.54) is 0 Å². The molecule has 13 heavy (non-hydrogen) atoms. The molecule has 2 aliphatic heterocycles. The fourth-order valence-corrected chi connectivity index (χ4v) is 2.07. The summed E-state index contributed by atoms with van der Waals surface area (Å²) in [5, 5.41) is 7.66. The summed E-state index contributed by atoms with van der Waals surface area (Å²) in [5.74, 6) is 1.33. The molecule has 0 spiro atoms. The molecule has 1 fully saturated rings. The van der Waals surface area contributed by atoms with E-state index in [9.17, 15) is 4.79 Å². The van der Waals surface area contributed by atoms with Crippen molar-refractivity contribution in [3.05, 3.63) is 12.3 Å². The Hall–Kier alpha value is -0.680. The van der Waals surface area contributed by atoms with Crippen LogP contribution in [-0.4, -0.2) is 32.5 Å². The highest BCUT2D eigenvalue weighted by Gasteiger charge is 2.35. The van der Waals surface area contributed by atoms with Crippen LogP contribution in [0.1, 0.15) is 6.42 Å². The van der Waals surface area contributed by atoms with Crippen molar-refractivity contribution < 1.29 is 14.7 Å². The van der Waals surface area contributed by atoms with E-state index in [2.05, 4.69) is 11.6 Å². The van der Waals surface area contributed by atoms with Crippen LogP contribution in [0, 0.1) is 0 Å². The molecule has 0 saturated carbocycles. The molecule has 72 valence electrons. The summed E-state index contributed by atoms with van der Waals surface area (Å²) in [7, 11) is 0. The van der Waals surface area contributed by atoms with Gasteiger partial charge in [-0.2, -0.15) is 0 Å². The molecule has 2 aliphatic rings. The second kappa shape index (κ2) is 4.53. The van der Waals surface area contributed by atoms with E-state index in [0.717, 1.165) is 12.2 Å². The number of carbonyl (C=O) groups excluding carboxylic acids is 1. The van der Waals surface area contributed by atoms with Gasteiger partial charge in [0.05, 0.1) is 11.8 Å². The van der Waals surface area contributed by atoms with Gasteiger partial charge in [0.15, 0.2) is 0 Å². The maximum absolute atomic E-state index is 10.7. The fraction of sp³-hybridized carbons (Fsp3) is 0.429. The predicted molar refractivity (Wildman–Crippen MR) is 50.7 cm³/mol. The number of amides is 1. The number of hydrogen-bond acceptors (Lipinski definition) is 3. The summed E-state index contributed by atoms with van der Waals surface area (Å²) >= 11 is 6.03. The van der Waals surface area contributed by atoms with Gasteiger partial charge in [-0.3, -0.25) is 4.79 Å². The van der Waals surface area contributed by atoms with Gasteiger partial charge < -0.3 is 10.0 Å². The van der Waals surface area contributed by atoms with Gasteiger partial charge in [-0.25, -0.2) is 4.79 Å². The number of rotatable bonds is 0. The molecule has 0 aromatic heterocycles. The van der Waals surface area contributed by atoms with Gasteiger partial charge in [0.25, 0.3) is 0 Å². The minimum absolute atomic E-state index is 0.267. The lowest BCUT2D eigenvalue weighted by molar-refractivity contribution is -0.137. The maximum atomic E-state index is 10.7. The Morgan fingerprint density at radius 3 is 2.77 bits per heavy atom. The summed E-state index contributed by atoms with van der Waals surface area (Å²) in [6.07, 6.45) is 4.67. The zero-order valence-corrected chi connectivity index (χ0v) is 8.22. The van der Waals surface area contributed by atoms with E-state index < -0.39 is 5.43 Å². The van der Waals surface area contributed by atoms with Gasteiger partial charge in [-0.15, -0.1) is 11.8 Å². The average molecular weight is 222 g/mol. The molecule has 2 rings (SSSR count). The van der Waals surface area contributed by atoms with Crippen LogP contribution in [0.3, 0.4) is 0 Å². The Kier molecular flexibility index (Phi) is 3.62. The van der Waals surface area contributed by atoms with Gasteiger partial charge in [0, 0.05) is 23.6 Å². The number of halogens is 1. The van der Waals surface area contributed by atoms with Crippen molar-refractivity contribution in [3.8, 4) is 0 Å². The molecule has 0 bridgehead atoms. The number of hydrogen-bond donors (Lipinski definition) is 1. The molecule has 0 aliphatic carbocycles. The van der Waals surface area contributed by atoms with Gasteiger partial charge in [-0.1, -0.05) is 6.08 Å². The second-order valence-corrected chi connectivity index (χ2v) is 3.96. The van der Waals surface area contributed by atoms with Crippen molar-refractivity contribution in [2.45, 2.75) is 11.8 Å². The van der Waals surface area contributed by atoms with E-state index in [4.69, 9.17) is 9.90 Å². The second-order valence-electron chi connectivity index (χ2n) is 2.43. The molecule has 1 atom stereocenters. The standard InChI is InChI=1S/C6H7NOS.CHClO2/c8-5-4-6-7(5)2-1-3-9-6;2-1(3)4/h1-2,6H,3-4H2;(H,3,4)/t6-;/m1./s1. The molecule has 1 amide bonds. The average Bonchev–Trinajstić information content (AvgIpc) is 2.02. The van der Waals surface area contributed by atoms with Crippen LogP contribution in [0.15, 0.2) is 12.3 Å². The Labute approximate surface area is 84.5 Å². The molecular formula is C7H8ClNO3S. The summed E-state index contributed by atoms with van der Waals surface area (Å²) in [6, 6.07) is 0. The zero-order chi connectivity index (χ0) is 9.84. The first-order chi connectivity index (χ1) is 6.11. The Morgan fingerprint density at radius 1 is 1.77 bits per heavy atom. The molecule has 6 heteroatoms. The van der Waals surface area contributed by atoms with Crippen molar-refractivity contribution in [1.29, 1.82) is 0 Å². The Morgan fingerprint density at radius 2 is 2.38 bits per heavy atom. The molecule has 0 aromatic carbocycles. The Balaban J connectivity index is 0.000000184. The number of carboxylic acid groups (broad SMARTS) is 1. The lowest BCUT2D eigenvalue weighted by Gasteiger charge is -2.39. The van der Waals surface area contributed by atoms with Crippen LogP contribution in [0.5, 0.6) is 0 Å². The largest absolute Gasteiger partial charge is 0.469 e. The minimum atomic E-state index is -1.36. The van der Waals surface area contributed by atoms with Crippen molar-refractivity contribution in [3.63, 3.8) is 0 Å². The van der Waals surface area contributed by atoms with E-state index >= 15 is 0 Å². The number of β-lactam (4-membered cyclic amide) rings is 1. The molecule has 1 saturated heterocycles. The smallest absolute Gasteiger partial charge is 0.401 e. The maximum Gasteiger partial charge on any atom is 0.401 e. The zero-order valence-electron chi connectivity index (χ0n) is 6.64. The van der Waals surface area contributed by atoms with Crippen molar-refractivity contribution in [2.75, 3.05) is 5.75 Å². The number of nitrogens with zero attached hydrogens (tertiary/aromatic N) is 1. The number of fused-ring (bicyclic) bond motifs is 1. The number of thioether (sulfide) groups is 1. The first-order valence-electron chi connectivity index (χ1n) is 3.59. The molecule has 2 heterocycles. The third-order valence-electron chi connectivity index (χ3n) is 1.60. The van der Waals surface area contributed by atoms with Gasteiger partial charge in [0.2, 0.25) is 5.91 Å². The van der Waals surface area contributed by atoms with Crippen molar-refractivity contribution >= 4 is 34.7 Å². The third kappa shape index (κ3) is 2.93. The van der Waals surface area contributed by atoms with Crippen molar-refractivity contribution in [1.82, 2.24) is 4.90 Å². The van der Waals surface area contributed by atoms with Crippen LogP contribution in [0.4, 0.5) is 4.79 Å². The number of carbonyl (C=O) groups is 2. The van der Waals surface area contributed by atoms with E-state index in [1.54, 1.807) is 4.90 Å². The quantitative estimate of drug-likeness (QED) is 0.500. The molecule has 4 nitrogen and oxygen atoms in total. The highest BCUT2D eigenvalue weighted by atomic mass is 35.5. The molecule has 0 unspecified atom stereocenters. The molecular weight excluding hydrogens is 214 g/mol. The van der Waals surface area contributed by atoms with E-state index in [0.29, 0.717) is 5.37 Å². The third-order valence-corrected chi connectivity index (χ3v) is 2.76. The van der Waals surface area contributed by atoms with E-state index in [-0.39, 0.29) is 5.91 Å². The van der Waals surface area contributed by atoms with Gasteiger partial charge in [0.1, 0.15) is 0 Å². The Bertz CT molecular complexity index is 252. The SMILES string of the molecule is O=C(O)Cl.O=C1C[C@H]2SCC=CN12. The fourth-order valence-electron chi connectivity index (χ4n) is 1.04. The summed E-state index contributed by atoms with van der Waals surface area (Å²) in [4.78, 5) is 21.3. The molecule has 0 aromatic rings. The van der Waals surface area contributed by atoms with Crippen LogP contribution < -0.4 is 0 Å². The van der Waals surface area contributed by atoms with Gasteiger partial charge >= 0.3 is 5.43 Å². The lowest BCUT2D eigenvalue weighted by atomic mass is 10.2. The monoisotopic (exact) mass is 221 g/mol. The normalized spacial score (nSPS) is 23.9. The molecule has 0 radical (unpaired) electrons. The highest BCUT2D eigenvalue weighted by molar-refractivity contribution is 8.00. The summed E-state index contributed by atoms with van der Waals surface area (Å²) in [5.41, 5.74) is -1.36. The van der Waals surface area contributed by atoms with Crippen LogP contribution in [0.25, 0.3) is 0 Å². The minimum Gasteiger partial charge on any atom is -0.469 e. The first kappa shape index (κ1) is 10.4. The highest BCUT2D eigenvalue weighted by Crippen LogP contribution is 2.32.